The zero-order chi connectivity index (χ0) is 11.9. The van der Waals surface area contributed by atoms with Crippen LogP contribution in [0.2, 0.25) is 5.02 Å². The minimum Gasteiger partial charge on any atom is -0.477 e. The summed E-state index contributed by atoms with van der Waals surface area (Å²) in [6.45, 7) is 0. The highest BCUT2D eigenvalue weighted by Gasteiger charge is 2.10. The van der Waals surface area contributed by atoms with Gasteiger partial charge in [0.1, 0.15) is 5.69 Å². The van der Waals surface area contributed by atoms with Gasteiger partial charge in [0.05, 0.1) is 5.52 Å². The van der Waals surface area contributed by atoms with Crippen LogP contribution in [0.4, 0.5) is 0 Å². The number of benzene rings is 1. The molecule has 0 saturated heterocycles. The smallest absolute Gasteiger partial charge is 0.352 e. The van der Waals surface area contributed by atoms with Crippen molar-refractivity contribution in [2.24, 2.45) is 0 Å². The molecule has 0 aliphatic rings. The van der Waals surface area contributed by atoms with E-state index < -0.39 is 5.97 Å². The SMILES string of the molecule is O=C(O)c1cc(=O)c2cc(Cl)cc(I)c2[nH]1. The monoisotopic (exact) mass is 349 g/mol. The predicted molar refractivity (Wildman–Crippen MR) is 69.3 cm³/mol. The van der Waals surface area contributed by atoms with Crippen molar-refractivity contribution in [3.63, 3.8) is 0 Å². The zero-order valence-electron chi connectivity index (χ0n) is 7.75. The molecular weight excluding hydrogens is 344 g/mol. The van der Waals surface area contributed by atoms with Gasteiger partial charge in [0, 0.05) is 20.0 Å². The summed E-state index contributed by atoms with van der Waals surface area (Å²) in [5.74, 6) is -1.16. The van der Waals surface area contributed by atoms with Gasteiger partial charge in [-0.2, -0.15) is 0 Å². The van der Waals surface area contributed by atoms with E-state index in [0.717, 1.165) is 6.07 Å². The van der Waals surface area contributed by atoms with Crippen molar-refractivity contribution < 1.29 is 9.90 Å². The largest absolute Gasteiger partial charge is 0.477 e. The van der Waals surface area contributed by atoms with Crippen molar-refractivity contribution in [3.05, 3.63) is 42.7 Å². The molecule has 6 heteroatoms. The lowest BCUT2D eigenvalue weighted by Crippen LogP contribution is -2.10. The maximum absolute atomic E-state index is 11.7. The zero-order valence-corrected chi connectivity index (χ0v) is 10.7. The molecule has 82 valence electrons. The van der Waals surface area contributed by atoms with E-state index in [0.29, 0.717) is 19.5 Å². The molecule has 0 amide bonds. The Bertz CT molecular complexity index is 650. The summed E-state index contributed by atoms with van der Waals surface area (Å²) < 4.78 is 0.709. The fourth-order valence-electron chi connectivity index (χ4n) is 1.39. The minimum absolute atomic E-state index is 0.127. The number of carbonyl (C=O) groups is 1. The molecule has 2 N–H and O–H groups in total. The van der Waals surface area contributed by atoms with Gasteiger partial charge in [-0.25, -0.2) is 4.79 Å². The van der Waals surface area contributed by atoms with Crippen molar-refractivity contribution in [1.29, 1.82) is 0 Å². The van der Waals surface area contributed by atoms with E-state index in [1.165, 1.54) is 6.07 Å². The average Bonchev–Trinajstić information content (AvgIpc) is 2.19. The van der Waals surface area contributed by atoms with Gasteiger partial charge in [0.25, 0.3) is 0 Å². The van der Waals surface area contributed by atoms with E-state index in [4.69, 9.17) is 16.7 Å². The molecule has 2 aromatic rings. The van der Waals surface area contributed by atoms with Crippen molar-refractivity contribution in [2.45, 2.75) is 0 Å². The van der Waals surface area contributed by atoms with E-state index >= 15 is 0 Å². The first-order valence-corrected chi connectivity index (χ1v) is 5.70. The Morgan fingerprint density at radius 1 is 1.38 bits per heavy atom. The van der Waals surface area contributed by atoms with Crippen molar-refractivity contribution in [2.75, 3.05) is 0 Å². The third-order valence-electron chi connectivity index (χ3n) is 2.09. The predicted octanol–water partition coefficient (Wildman–Crippen LogP) is 2.48. The molecule has 0 aliphatic carbocycles. The normalized spacial score (nSPS) is 10.6. The summed E-state index contributed by atoms with van der Waals surface area (Å²) in [4.78, 5) is 25.1. The number of H-pyrrole nitrogens is 1. The first-order valence-electron chi connectivity index (χ1n) is 4.24. The first-order chi connectivity index (χ1) is 7.49. The average molecular weight is 350 g/mol. The standard InChI is InChI=1S/C10H5ClINO3/c11-4-1-5-8(14)3-7(10(15)16)13-9(5)6(12)2-4/h1-3H,(H,13,14)(H,15,16). The van der Waals surface area contributed by atoms with Crippen LogP contribution in [0.25, 0.3) is 10.9 Å². The van der Waals surface area contributed by atoms with Gasteiger partial charge in [-0.1, -0.05) is 11.6 Å². The highest BCUT2D eigenvalue weighted by Crippen LogP contribution is 2.22. The molecule has 0 fully saturated rings. The second-order valence-electron chi connectivity index (χ2n) is 3.16. The molecule has 0 spiro atoms. The summed E-state index contributed by atoms with van der Waals surface area (Å²) in [5.41, 5.74) is 0.0132. The lowest BCUT2D eigenvalue weighted by molar-refractivity contribution is 0.0691. The number of carboxylic acid groups (broad SMARTS) is 1. The highest BCUT2D eigenvalue weighted by atomic mass is 127. The van der Waals surface area contributed by atoms with Crippen LogP contribution in [0.1, 0.15) is 10.5 Å². The number of rotatable bonds is 1. The summed E-state index contributed by atoms with van der Waals surface area (Å²) in [6.07, 6.45) is 0. The Morgan fingerprint density at radius 3 is 2.69 bits per heavy atom. The van der Waals surface area contributed by atoms with Crippen LogP contribution in [-0.2, 0) is 0 Å². The summed E-state index contributed by atoms with van der Waals surface area (Å²) >= 11 is 7.82. The van der Waals surface area contributed by atoms with Gasteiger partial charge >= 0.3 is 5.97 Å². The summed E-state index contributed by atoms with van der Waals surface area (Å²) in [6, 6.07) is 4.23. The van der Waals surface area contributed by atoms with Crippen molar-refractivity contribution >= 4 is 51.1 Å². The van der Waals surface area contributed by atoms with E-state index in [2.05, 4.69) is 4.98 Å². The van der Waals surface area contributed by atoms with Crippen LogP contribution in [0, 0.1) is 3.57 Å². The Balaban J connectivity index is 2.93. The van der Waals surface area contributed by atoms with E-state index in [9.17, 15) is 9.59 Å². The van der Waals surface area contributed by atoms with Gasteiger partial charge in [0.15, 0.2) is 5.43 Å². The second kappa shape index (κ2) is 4.06. The third kappa shape index (κ3) is 1.92. The molecule has 0 bridgehead atoms. The highest BCUT2D eigenvalue weighted by molar-refractivity contribution is 14.1. The number of aromatic amines is 1. The maximum atomic E-state index is 11.7. The van der Waals surface area contributed by atoms with Crippen molar-refractivity contribution in [1.82, 2.24) is 4.98 Å². The quantitative estimate of drug-likeness (QED) is 0.777. The molecule has 0 aliphatic heterocycles. The number of nitrogens with one attached hydrogen (secondary N) is 1. The number of hydrogen-bond acceptors (Lipinski definition) is 2. The van der Waals surface area contributed by atoms with Crippen LogP contribution in [0.15, 0.2) is 23.0 Å². The molecular formula is C10H5ClINO3. The number of hydrogen-bond donors (Lipinski definition) is 2. The Kier molecular flexibility index (Phi) is 2.90. The van der Waals surface area contributed by atoms with Crippen LogP contribution in [0.5, 0.6) is 0 Å². The van der Waals surface area contributed by atoms with Gasteiger partial charge in [0.2, 0.25) is 0 Å². The molecule has 1 aromatic heterocycles. The Morgan fingerprint density at radius 2 is 2.06 bits per heavy atom. The number of pyridine rings is 1. The Labute approximate surface area is 108 Å². The fraction of sp³-hybridized carbons (Fsp3) is 0. The van der Waals surface area contributed by atoms with E-state index in [-0.39, 0.29) is 11.1 Å². The Hall–Kier alpha value is -1.08. The molecule has 4 nitrogen and oxygen atoms in total. The molecule has 16 heavy (non-hydrogen) atoms. The van der Waals surface area contributed by atoms with Crippen LogP contribution in [-0.4, -0.2) is 16.1 Å². The van der Waals surface area contributed by atoms with Gasteiger partial charge in [-0.3, -0.25) is 4.79 Å². The topological polar surface area (TPSA) is 70.2 Å². The molecule has 0 unspecified atom stereocenters. The molecule has 1 heterocycles. The fourth-order valence-corrected chi connectivity index (χ4v) is 2.55. The van der Waals surface area contributed by atoms with E-state index in [1.807, 2.05) is 22.6 Å². The maximum Gasteiger partial charge on any atom is 0.352 e. The lowest BCUT2D eigenvalue weighted by Gasteiger charge is -2.03. The molecule has 1 aromatic carbocycles. The van der Waals surface area contributed by atoms with Crippen LogP contribution >= 0.6 is 34.2 Å². The summed E-state index contributed by atoms with van der Waals surface area (Å²) in [5, 5.41) is 9.66. The summed E-state index contributed by atoms with van der Waals surface area (Å²) in [7, 11) is 0. The molecule has 2 rings (SSSR count). The minimum atomic E-state index is -1.16. The number of aromatic nitrogens is 1. The second-order valence-corrected chi connectivity index (χ2v) is 4.76. The number of carboxylic acids is 1. The molecule has 0 atom stereocenters. The van der Waals surface area contributed by atoms with Gasteiger partial charge in [-0.05, 0) is 34.7 Å². The molecule has 0 saturated carbocycles. The van der Waals surface area contributed by atoms with Crippen LogP contribution in [0.3, 0.4) is 0 Å². The van der Waals surface area contributed by atoms with Gasteiger partial charge in [-0.15, -0.1) is 0 Å². The van der Waals surface area contributed by atoms with Crippen molar-refractivity contribution in [3.8, 4) is 0 Å². The van der Waals surface area contributed by atoms with E-state index in [1.54, 1.807) is 6.07 Å². The number of aromatic carboxylic acids is 1. The number of halogens is 2. The molecule has 0 radical (unpaired) electrons. The van der Waals surface area contributed by atoms with Crippen LogP contribution < -0.4 is 5.43 Å². The van der Waals surface area contributed by atoms with Gasteiger partial charge < -0.3 is 10.1 Å². The third-order valence-corrected chi connectivity index (χ3v) is 3.15. The number of fused-ring (bicyclic) bond motifs is 1. The first kappa shape index (κ1) is 11.4. The lowest BCUT2D eigenvalue weighted by atomic mass is 10.2.